The normalized spacial score (nSPS) is 16.6. The lowest BCUT2D eigenvalue weighted by molar-refractivity contribution is 0.650. The van der Waals surface area contributed by atoms with E-state index in [1.54, 1.807) is 4.88 Å². The van der Waals surface area contributed by atoms with Crippen LogP contribution in [0.5, 0.6) is 0 Å². The van der Waals surface area contributed by atoms with Gasteiger partial charge in [-0.1, -0.05) is 0 Å². The Balaban J connectivity index is 1.94. The quantitative estimate of drug-likeness (QED) is 0.936. The van der Waals surface area contributed by atoms with Crippen LogP contribution in [0.2, 0.25) is 0 Å². The fraction of sp³-hybridized carbons (Fsp3) is 0.462. The smallest absolute Gasteiger partial charge is 0.0861 e. The highest BCUT2D eigenvalue weighted by molar-refractivity contribution is 7.98. The van der Waals surface area contributed by atoms with E-state index in [0.29, 0.717) is 0 Å². The van der Waals surface area contributed by atoms with Gasteiger partial charge in [-0.15, -0.1) is 11.3 Å². The molecule has 3 heterocycles. The number of thioether (sulfide) groups is 1. The van der Waals surface area contributed by atoms with Gasteiger partial charge in [-0.05, 0) is 36.9 Å². The lowest BCUT2D eigenvalue weighted by Crippen LogP contribution is -2.17. The van der Waals surface area contributed by atoms with Crippen molar-refractivity contribution in [2.24, 2.45) is 7.05 Å². The molecule has 0 aromatic carbocycles. The number of thiophene rings is 1. The number of rotatable bonds is 3. The summed E-state index contributed by atoms with van der Waals surface area (Å²) in [5.74, 6) is 2.44. The first-order valence-corrected chi connectivity index (χ1v) is 8.11. The minimum Gasteiger partial charge on any atom is -0.307 e. The van der Waals surface area contributed by atoms with Crippen molar-refractivity contribution in [1.82, 2.24) is 15.1 Å². The van der Waals surface area contributed by atoms with Gasteiger partial charge in [-0.2, -0.15) is 16.9 Å². The fourth-order valence-electron chi connectivity index (χ4n) is 2.34. The molecule has 1 aliphatic rings. The highest BCUT2D eigenvalue weighted by Gasteiger charge is 2.21. The van der Waals surface area contributed by atoms with Gasteiger partial charge in [0.1, 0.15) is 0 Å². The first-order chi connectivity index (χ1) is 8.78. The van der Waals surface area contributed by atoms with Crippen molar-refractivity contribution in [3.8, 4) is 0 Å². The van der Waals surface area contributed by atoms with E-state index in [4.69, 9.17) is 0 Å². The van der Waals surface area contributed by atoms with E-state index >= 15 is 0 Å². The summed E-state index contributed by atoms with van der Waals surface area (Å²) < 4.78 is 1.86. The number of fused-ring (bicyclic) bond motifs is 1. The van der Waals surface area contributed by atoms with Crippen LogP contribution in [0.15, 0.2) is 18.3 Å². The van der Waals surface area contributed by atoms with E-state index in [1.165, 1.54) is 28.4 Å². The minimum absolute atomic E-state index is 0.229. The van der Waals surface area contributed by atoms with Crippen LogP contribution >= 0.6 is 23.1 Å². The minimum atomic E-state index is 0.229. The summed E-state index contributed by atoms with van der Waals surface area (Å²) in [5.41, 5.74) is 2.63. The molecule has 0 radical (unpaired) electrons. The van der Waals surface area contributed by atoms with E-state index in [0.717, 1.165) is 5.69 Å². The topological polar surface area (TPSA) is 29.9 Å². The molecule has 0 saturated heterocycles. The Morgan fingerprint density at radius 3 is 3.06 bits per heavy atom. The van der Waals surface area contributed by atoms with Crippen molar-refractivity contribution in [2.75, 3.05) is 12.8 Å². The summed E-state index contributed by atoms with van der Waals surface area (Å²) in [6.07, 6.45) is 3.23. The lowest BCUT2D eigenvalue weighted by Gasteiger charge is -2.11. The van der Waals surface area contributed by atoms with Crippen molar-refractivity contribution in [3.63, 3.8) is 0 Å². The molecule has 18 heavy (non-hydrogen) atoms. The Hall–Kier alpha value is -0.780. The van der Waals surface area contributed by atoms with Crippen LogP contribution in [0.25, 0.3) is 0 Å². The third kappa shape index (κ3) is 2.22. The van der Waals surface area contributed by atoms with Crippen molar-refractivity contribution < 1.29 is 0 Å². The van der Waals surface area contributed by atoms with Crippen LogP contribution in [-0.2, 0) is 19.2 Å². The molecule has 3 rings (SSSR count). The Kier molecular flexibility index (Phi) is 3.46. The van der Waals surface area contributed by atoms with E-state index in [9.17, 15) is 0 Å². The molecule has 0 aliphatic carbocycles. The molecule has 1 unspecified atom stereocenters. The highest BCUT2D eigenvalue weighted by Crippen LogP contribution is 2.35. The number of aromatic nitrogens is 2. The molecule has 0 amide bonds. The molecule has 0 fully saturated rings. The maximum absolute atomic E-state index is 4.52. The summed E-state index contributed by atoms with van der Waals surface area (Å²) in [6.45, 7) is 0. The predicted octanol–water partition coefficient (Wildman–Crippen LogP) is 2.58. The van der Waals surface area contributed by atoms with Crippen LogP contribution in [-0.4, -0.2) is 22.6 Å². The first kappa shape index (κ1) is 12.3. The number of hydrogen-bond donors (Lipinski definition) is 1. The third-order valence-electron chi connectivity index (χ3n) is 3.25. The van der Waals surface area contributed by atoms with E-state index in [1.807, 2.05) is 48.1 Å². The van der Waals surface area contributed by atoms with Crippen LogP contribution in [0.3, 0.4) is 0 Å². The van der Waals surface area contributed by atoms with Gasteiger partial charge < -0.3 is 5.32 Å². The molecule has 96 valence electrons. The van der Waals surface area contributed by atoms with Crippen molar-refractivity contribution in [1.29, 1.82) is 0 Å². The van der Waals surface area contributed by atoms with Gasteiger partial charge in [0.25, 0.3) is 0 Å². The lowest BCUT2D eigenvalue weighted by atomic mass is 10.1. The standard InChI is InChI=1S/C13H17N3S2/c1-14-13(10-3-5-16(2)15-10)12-7-9-8-17-6-4-11(9)18-12/h3,5,7,13-14H,4,6,8H2,1-2H3. The molecule has 2 aromatic heterocycles. The molecule has 1 aliphatic heterocycles. The fourth-order valence-corrected chi connectivity index (χ4v) is 4.83. The summed E-state index contributed by atoms with van der Waals surface area (Å²) in [4.78, 5) is 2.96. The van der Waals surface area contributed by atoms with Crippen molar-refractivity contribution >= 4 is 23.1 Å². The van der Waals surface area contributed by atoms with Crippen LogP contribution in [0.4, 0.5) is 0 Å². The summed E-state index contributed by atoms with van der Waals surface area (Å²) in [7, 11) is 3.97. The van der Waals surface area contributed by atoms with E-state index in [2.05, 4.69) is 22.5 Å². The van der Waals surface area contributed by atoms with Gasteiger partial charge in [0.2, 0.25) is 0 Å². The molecule has 1 N–H and O–H groups in total. The molecule has 0 spiro atoms. The second kappa shape index (κ2) is 5.07. The Morgan fingerprint density at radius 1 is 1.50 bits per heavy atom. The average Bonchev–Trinajstić information content (AvgIpc) is 2.96. The van der Waals surface area contributed by atoms with Crippen LogP contribution in [0.1, 0.15) is 27.1 Å². The molecule has 2 aromatic rings. The molecular weight excluding hydrogens is 262 g/mol. The Labute approximate surface area is 116 Å². The molecule has 1 atom stereocenters. The molecule has 3 nitrogen and oxygen atoms in total. The molecule has 0 saturated carbocycles. The second-order valence-electron chi connectivity index (χ2n) is 4.54. The molecule has 5 heteroatoms. The Bertz CT molecular complexity index is 521. The monoisotopic (exact) mass is 279 g/mol. The van der Waals surface area contributed by atoms with Crippen molar-refractivity contribution in [2.45, 2.75) is 18.2 Å². The highest BCUT2D eigenvalue weighted by atomic mass is 32.2. The zero-order valence-electron chi connectivity index (χ0n) is 10.6. The zero-order chi connectivity index (χ0) is 12.5. The summed E-state index contributed by atoms with van der Waals surface area (Å²) >= 11 is 3.98. The maximum Gasteiger partial charge on any atom is 0.0861 e. The third-order valence-corrected chi connectivity index (χ3v) is 5.56. The van der Waals surface area contributed by atoms with Crippen molar-refractivity contribution in [3.05, 3.63) is 39.3 Å². The van der Waals surface area contributed by atoms with Gasteiger partial charge >= 0.3 is 0 Å². The maximum atomic E-state index is 4.52. The number of nitrogens with zero attached hydrogens (tertiary/aromatic N) is 2. The van der Waals surface area contributed by atoms with Gasteiger partial charge in [-0.25, -0.2) is 0 Å². The van der Waals surface area contributed by atoms with Gasteiger partial charge in [0, 0.05) is 28.8 Å². The van der Waals surface area contributed by atoms with E-state index in [-0.39, 0.29) is 6.04 Å². The number of nitrogens with one attached hydrogen (secondary N) is 1. The van der Waals surface area contributed by atoms with Crippen LogP contribution < -0.4 is 5.32 Å². The summed E-state index contributed by atoms with van der Waals surface area (Å²) in [6, 6.07) is 4.68. The van der Waals surface area contributed by atoms with Gasteiger partial charge in [0.05, 0.1) is 11.7 Å². The van der Waals surface area contributed by atoms with Gasteiger partial charge in [-0.3, -0.25) is 4.68 Å². The first-order valence-electron chi connectivity index (χ1n) is 6.14. The number of hydrogen-bond acceptors (Lipinski definition) is 4. The summed E-state index contributed by atoms with van der Waals surface area (Å²) in [5, 5.41) is 7.90. The second-order valence-corrected chi connectivity index (χ2v) is 6.81. The van der Waals surface area contributed by atoms with Gasteiger partial charge in [0.15, 0.2) is 0 Å². The predicted molar refractivity (Wildman–Crippen MR) is 78.3 cm³/mol. The molecule has 0 bridgehead atoms. The Morgan fingerprint density at radius 2 is 2.39 bits per heavy atom. The molecular formula is C13H17N3S2. The SMILES string of the molecule is CNC(c1ccn(C)n1)c1cc2c(s1)CCSC2. The largest absolute Gasteiger partial charge is 0.307 e. The van der Waals surface area contributed by atoms with Crippen LogP contribution in [0, 0.1) is 0 Å². The average molecular weight is 279 g/mol. The van der Waals surface area contributed by atoms with E-state index < -0.39 is 0 Å². The number of aryl methyl sites for hydroxylation is 2. The zero-order valence-corrected chi connectivity index (χ0v) is 12.3.